The molecule has 3 aliphatic rings. The molecular formula is C26H37N4O5P. The Bertz CT molecular complexity index is 1220. The molecule has 0 radical (unpaired) electrons. The van der Waals surface area contributed by atoms with E-state index in [1.54, 1.807) is 21.8 Å². The van der Waals surface area contributed by atoms with E-state index >= 15 is 0 Å². The van der Waals surface area contributed by atoms with Crippen molar-refractivity contribution >= 4 is 24.7 Å². The fourth-order valence-corrected chi connectivity index (χ4v) is 7.38. The van der Waals surface area contributed by atoms with Crippen molar-refractivity contribution in [2.75, 3.05) is 0 Å². The van der Waals surface area contributed by atoms with Crippen molar-refractivity contribution in [3.05, 3.63) is 40.3 Å². The second kappa shape index (κ2) is 10.4. The molecule has 2 unspecified atom stereocenters. The zero-order valence-electron chi connectivity index (χ0n) is 20.9. The highest BCUT2D eigenvalue weighted by molar-refractivity contribution is 7.50. The number of amides is 1. The van der Waals surface area contributed by atoms with Gasteiger partial charge < -0.3 is 14.4 Å². The standard InChI is InChI=1S/C26H37N4O5P/c1-17-13-14-19-15-20(16-23(17)29(19)18-9-5-3-2-4-6-10-18)30-22-12-8-7-11-21(22)27-24(26(30)32)25(31)28-36(33,34)35/h7-8,11-12,17-20,23H,2-6,9-10,13-16H2,1H3,(H3,28,31,33,34,35)/t17?,19-,20+,23?/m1/s1. The van der Waals surface area contributed by atoms with Crippen LogP contribution in [0.15, 0.2) is 29.1 Å². The highest BCUT2D eigenvalue weighted by Crippen LogP contribution is 2.44. The molecule has 1 aliphatic carbocycles. The summed E-state index contributed by atoms with van der Waals surface area (Å²) in [4.78, 5) is 51.8. The van der Waals surface area contributed by atoms with Gasteiger partial charge >= 0.3 is 7.75 Å². The topological polar surface area (TPSA) is 125 Å². The van der Waals surface area contributed by atoms with Gasteiger partial charge in [0, 0.05) is 24.2 Å². The Labute approximate surface area is 211 Å². The van der Waals surface area contributed by atoms with E-state index in [1.807, 2.05) is 12.1 Å². The number of rotatable bonds is 4. The fourth-order valence-electron chi connectivity index (χ4n) is 7.01. The van der Waals surface area contributed by atoms with Crippen molar-refractivity contribution < 1.29 is 19.1 Å². The predicted molar refractivity (Wildman–Crippen MR) is 138 cm³/mol. The summed E-state index contributed by atoms with van der Waals surface area (Å²) in [5, 5.41) is 1.62. The molecule has 2 bridgehead atoms. The third kappa shape index (κ3) is 5.17. The Morgan fingerprint density at radius 1 is 0.972 bits per heavy atom. The van der Waals surface area contributed by atoms with E-state index in [2.05, 4.69) is 16.8 Å². The van der Waals surface area contributed by atoms with E-state index in [0.717, 1.165) is 19.3 Å². The first-order valence-electron chi connectivity index (χ1n) is 13.4. The monoisotopic (exact) mass is 516 g/mol. The third-order valence-electron chi connectivity index (χ3n) is 8.59. The third-order valence-corrected chi connectivity index (χ3v) is 9.09. The summed E-state index contributed by atoms with van der Waals surface area (Å²) in [6, 6.07) is 8.46. The molecule has 0 spiro atoms. The van der Waals surface area contributed by atoms with Crippen LogP contribution in [0.25, 0.3) is 11.0 Å². The van der Waals surface area contributed by atoms with Crippen LogP contribution in [0, 0.1) is 5.92 Å². The Balaban J connectivity index is 1.52. The maximum atomic E-state index is 13.7. The highest BCUT2D eigenvalue weighted by Gasteiger charge is 2.45. The zero-order chi connectivity index (χ0) is 25.4. The van der Waals surface area contributed by atoms with Gasteiger partial charge in [-0.25, -0.2) is 9.55 Å². The Hall–Kier alpha value is -2.06. The molecular weight excluding hydrogens is 479 g/mol. The Kier molecular flexibility index (Phi) is 7.37. The summed E-state index contributed by atoms with van der Waals surface area (Å²) in [5.41, 5.74) is 0.0615. The number of aromatic nitrogens is 2. The lowest BCUT2D eigenvalue weighted by molar-refractivity contribution is -0.0499. The van der Waals surface area contributed by atoms with Gasteiger partial charge in [0.1, 0.15) is 0 Å². The maximum absolute atomic E-state index is 13.7. The molecule has 10 heteroatoms. The van der Waals surface area contributed by atoms with Crippen molar-refractivity contribution in [3.8, 4) is 0 Å². The van der Waals surface area contributed by atoms with Gasteiger partial charge in [0.15, 0.2) is 5.69 Å². The summed E-state index contributed by atoms with van der Waals surface area (Å²) in [6.45, 7) is 2.32. The first-order valence-corrected chi connectivity index (χ1v) is 15.0. The average molecular weight is 517 g/mol. The van der Waals surface area contributed by atoms with Gasteiger partial charge in [0.2, 0.25) is 0 Å². The highest BCUT2D eigenvalue weighted by atomic mass is 31.2. The lowest BCUT2D eigenvalue weighted by Crippen LogP contribution is -2.59. The van der Waals surface area contributed by atoms with Gasteiger partial charge in [-0.3, -0.25) is 19.6 Å². The molecule has 1 saturated carbocycles. The van der Waals surface area contributed by atoms with E-state index in [1.165, 1.54) is 51.4 Å². The minimum absolute atomic E-state index is 0.102. The second-order valence-corrected chi connectivity index (χ2v) is 12.3. The number of carbonyl (C=O) groups excluding carboxylic acids is 1. The van der Waals surface area contributed by atoms with Crippen LogP contribution in [0.2, 0.25) is 0 Å². The normalized spacial score (nSPS) is 28.4. The summed E-state index contributed by atoms with van der Waals surface area (Å²) < 4.78 is 13.1. The van der Waals surface area contributed by atoms with Crippen molar-refractivity contribution in [3.63, 3.8) is 0 Å². The molecule has 1 amide bonds. The number of nitrogens with one attached hydrogen (secondary N) is 1. The molecule has 2 saturated heterocycles. The first kappa shape index (κ1) is 25.6. The number of hydrogen-bond acceptors (Lipinski definition) is 5. The van der Waals surface area contributed by atoms with Gasteiger partial charge in [-0.15, -0.1) is 0 Å². The SMILES string of the molecule is CC1CC[C@@H]2C[C@H](n3c(=O)c(C(=O)NP(=O)(O)O)nc4ccccc43)CC1N2C1CCCCCCC1. The zero-order valence-corrected chi connectivity index (χ0v) is 21.8. The van der Waals surface area contributed by atoms with E-state index in [0.29, 0.717) is 35.1 Å². The number of nitrogens with zero attached hydrogens (tertiary/aromatic N) is 3. The van der Waals surface area contributed by atoms with Crippen molar-refractivity contribution in [2.24, 2.45) is 5.92 Å². The van der Waals surface area contributed by atoms with Crippen LogP contribution in [0.5, 0.6) is 0 Å². The molecule has 196 valence electrons. The molecule has 4 atom stereocenters. The first-order chi connectivity index (χ1) is 17.2. The van der Waals surface area contributed by atoms with Crippen LogP contribution in [0.1, 0.15) is 94.1 Å². The molecule has 3 heterocycles. The minimum atomic E-state index is -4.86. The van der Waals surface area contributed by atoms with Crippen LogP contribution in [0.4, 0.5) is 0 Å². The minimum Gasteiger partial charge on any atom is -0.308 e. The van der Waals surface area contributed by atoms with Crippen LogP contribution in [0.3, 0.4) is 0 Å². The van der Waals surface area contributed by atoms with Crippen LogP contribution in [-0.2, 0) is 4.57 Å². The van der Waals surface area contributed by atoms with E-state index in [-0.39, 0.29) is 6.04 Å². The number of piperidine rings is 2. The van der Waals surface area contributed by atoms with Crippen molar-refractivity contribution in [2.45, 2.75) is 102 Å². The smallest absolute Gasteiger partial charge is 0.308 e. The number of hydrogen-bond donors (Lipinski definition) is 3. The largest absolute Gasteiger partial charge is 0.430 e. The average Bonchev–Trinajstić information content (AvgIpc) is 2.79. The lowest BCUT2D eigenvalue weighted by atomic mass is 9.74. The van der Waals surface area contributed by atoms with Gasteiger partial charge in [-0.1, -0.05) is 51.2 Å². The molecule has 3 fully saturated rings. The maximum Gasteiger partial charge on any atom is 0.430 e. The van der Waals surface area contributed by atoms with Gasteiger partial charge in [0.05, 0.1) is 11.0 Å². The van der Waals surface area contributed by atoms with Crippen LogP contribution < -0.4 is 10.6 Å². The number of fused-ring (bicyclic) bond motifs is 3. The number of para-hydroxylation sites is 2. The second-order valence-electron chi connectivity index (χ2n) is 11.0. The fraction of sp³-hybridized carbons (Fsp3) is 0.654. The van der Waals surface area contributed by atoms with Crippen molar-refractivity contribution in [1.82, 2.24) is 19.5 Å². The summed E-state index contributed by atoms with van der Waals surface area (Å²) in [6.07, 6.45) is 13.0. The van der Waals surface area contributed by atoms with Crippen molar-refractivity contribution in [1.29, 1.82) is 0 Å². The van der Waals surface area contributed by atoms with Gasteiger partial charge in [-0.05, 0) is 56.6 Å². The number of benzene rings is 1. The quantitative estimate of drug-likeness (QED) is 0.522. The lowest BCUT2D eigenvalue weighted by Gasteiger charge is -2.55. The molecule has 1 aromatic carbocycles. The predicted octanol–water partition coefficient (Wildman–Crippen LogP) is 4.14. The summed E-state index contributed by atoms with van der Waals surface area (Å²) in [7, 11) is -4.86. The molecule has 3 N–H and O–H groups in total. The molecule has 36 heavy (non-hydrogen) atoms. The van der Waals surface area contributed by atoms with Gasteiger partial charge in [-0.2, -0.15) is 0 Å². The summed E-state index contributed by atoms with van der Waals surface area (Å²) >= 11 is 0. The Morgan fingerprint density at radius 3 is 2.39 bits per heavy atom. The molecule has 2 aliphatic heterocycles. The molecule has 5 rings (SSSR count). The summed E-state index contributed by atoms with van der Waals surface area (Å²) in [5.74, 6) is -0.621. The molecule has 9 nitrogen and oxygen atoms in total. The van der Waals surface area contributed by atoms with Gasteiger partial charge in [0.25, 0.3) is 11.5 Å². The van der Waals surface area contributed by atoms with E-state index < -0.39 is 24.9 Å². The molecule has 1 aromatic heterocycles. The van der Waals surface area contributed by atoms with E-state index in [9.17, 15) is 23.9 Å². The van der Waals surface area contributed by atoms with E-state index in [4.69, 9.17) is 0 Å². The van der Waals surface area contributed by atoms with Crippen LogP contribution >= 0.6 is 7.75 Å². The Morgan fingerprint density at radius 2 is 1.67 bits per heavy atom. The number of carbonyl (C=O) groups is 1. The molecule has 2 aromatic rings. The van der Waals surface area contributed by atoms with Crippen LogP contribution in [-0.4, -0.2) is 48.3 Å².